The summed E-state index contributed by atoms with van der Waals surface area (Å²) in [6, 6.07) is 6.14. The van der Waals surface area contributed by atoms with Crippen LogP contribution in [0.15, 0.2) is 18.2 Å². The zero-order chi connectivity index (χ0) is 13.7. The van der Waals surface area contributed by atoms with E-state index in [1.807, 2.05) is 24.8 Å². The van der Waals surface area contributed by atoms with Crippen LogP contribution in [0.5, 0.6) is 11.5 Å². The minimum absolute atomic E-state index is 0.509. The van der Waals surface area contributed by atoms with Gasteiger partial charge in [-0.1, -0.05) is 6.07 Å². The van der Waals surface area contributed by atoms with E-state index in [-0.39, 0.29) is 0 Å². The van der Waals surface area contributed by atoms with Crippen molar-refractivity contribution in [3.8, 4) is 11.5 Å². The monoisotopic (exact) mass is 281 g/mol. The third-order valence-electron chi connectivity index (χ3n) is 3.54. The minimum Gasteiger partial charge on any atom is -0.493 e. The van der Waals surface area contributed by atoms with Crippen LogP contribution in [0.1, 0.15) is 25.3 Å². The minimum atomic E-state index is 0.509. The number of hydrogen-bond acceptors (Lipinski definition) is 4. The molecule has 1 aromatic rings. The molecule has 1 N–H and O–H groups in total. The molecule has 2 rings (SSSR count). The second kappa shape index (κ2) is 6.53. The van der Waals surface area contributed by atoms with Gasteiger partial charge in [0.15, 0.2) is 11.5 Å². The van der Waals surface area contributed by atoms with Gasteiger partial charge in [0.2, 0.25) is 0 Å². The van der Waals surface area contributed by atoms with Crippen LogP contribution in [0.4, 0.5) is 0 Å². The maximum absolute atomic E-state index is 5.52. The number of benzene rings is 1. The average Bonchev–Trinajstić information content (AvgIpc) is 3.21. The number of nitrogens with one attached hydrogen (secondary N) is 1. The molecule has 3 nitrogen and oxygen atoms in total. The van der Waals surface area contributed by atoms with E-state index in [1.54, 1.807) is 7.11 Å². The third-order valence-corrected chi connectivity index (χ3v) is 4.96. The molecular weight excluding hydrogens is 258 g/mol. The van der Waals surface area contributed by atoms with Crippen LogP contribution in [0.3, 0.4) is 0 Å². The zero-order valence-corrected chi connectivity index (χ0v) is 12.8. The predicted octanol–water partition coefficient (Wildman–Crippen LogP) is 3.08. The van der Waals surface area contributed by atoms with Gasteiger partial charge in [0.25, 0.3) is 0 Å². The van der Waals surface area contributed by atoms with Crippen LogP contribution in [-0.2, 0) is 6.54 Å². The molecule has 1 aromatic carbocycles. The van der Waals surface area contributed by atoms with E-state index < -0.39 is 0 Å². The SMILES string of the molecule is CCOc1ccc(CNCC2(SC)CC2)cc1OC. The molecule has 0 heterocycles. The Balaban J connectivity index is 1.89. The van der Waals surface area contributed by atoms with Gasteiger partial charge in [-0.25, -0.2) is 0 Å². The second-order valence-electron chi connectivity index (χ2n) is 4.91. The molecule has 0 aromatic heterocycles. The summed E-state index contributed by atoms with van der Waals surface area (Å²) < 4.78 is 11.4. The van der Waals surface area contributed by atoms with E-state index in [0.29, 0.717) is 11.4 Å². The molecule has 0 unspecified atom stereocenters. The van der Waals surface area contributed by atoms with Crippen LogP contribution >= 0.6 is 11.8 Å². The number of rotatable bonds is 8. The highest BCUT2D eigenvalue weighted by Gasteiger charge is 2.41. The molecule has 106 valence electrons. The van der Waals surface area contributed by atoms with Gasteiger partial charge in [-0.15, -0.1) is 0 Å². The van der Waals surface area contributed by atoms with Crippen LogP contribution in [0, 0.1) is 0 Å². The summed E-state index contributed by atoms with van der Waals surface area (Å²) in [7, 11) is 1.68. The van der Waals surface area contributed by atoms with Gasteiger partial charge >= 0.3 is 0 Å². The third kappa shape index (κ3) is 3.80. The molecule has 0 saturated heterocycles. The van der Waals surface area contributed by atoms with Gasteiger partial charge in [-0.05, 0) is 43.7 Å². The summed E-state index contributed by atoms with van der Waals surface area (Å²) in [5, 5.41) is 3.54. The summed E-state index contributed by atoms with van der Waals surface area (Å²) in [5.41, 5.74) is 1.23. The lowest BCUT2D eigenvalue weighted by Gasteiger charge is -2.14. The van der Waals surface area contributed by atoms with E-state index >= 15 is 0 Å². The maximum atomic E-state index is 5.52. The van der Waals surface area contributed by atoms with Gasteiger partial charge in [0.1, 0.15) is 0 Å². The molecule has 1 saturated carbocycles. The standard InChI is InChI=1S/C15H23NO2S/c1-4-18-13-6-5-12(9-14(13)17-2)10-16-11-15(19-3)7-8-15/h5-6,9,16H,4,7-8,10-11H2,1-3H3. The van der Waals surface area contributed by atoms with Crippen molar-refractivity contribution in [1.82, 2.24) is 5.32 Å². The van der Waals surface area contributed by atoms with E-state index in [1.165, 1.54) is 18.4 Å². The molecule has 0 amide bonds. The molecule has 1 aliphatic rings. The number of hydrogen-bond donors (Lipinski definition) is 1. The highest BCUT2D eigenvalue weighted by molar-refractivity contribution is 8.00. The van der Waals surface area contributed by atoms with Gasteiger partial charge in [-0.3, -0.25) is 0 Å². The van der Waals surface area contributed by atoms with Crippen LogP contribution in [-0.4, -0.2) is 31.3 Å². The predicted molar refractivity (Wildman–Crippen MR) is 81.3 cm³/mol. The number of thioether (sulfide) groups is 1. The van der Waals surface area contributed by atoms with Gasteiger partial charge in [-0.2, -0.15) is 11.8 Å². The van der Waals surface area contributed by atoms with Gasteiger partial charge in [0.05, 0.1) is 13.7 Å². The Bertz CT molecular complexity index is 419. The Morgan fingerprint density at radius 3 is 2.68 bits per heavy atom. The van der Waals surface area contributed by atoms with Crippen molar-refractivity contribution in [2.75, 3.05) is 26.5 Å². The van der Waals surface area contributed by atoms with E-state index in [4.69, 9.17) is 9.47 Å². The van der Waals surface area contributed by atoms with Crippen LogP contribution in [0.25, 0.3) is 0 Å². The molecule has 1 aliphatic carbocycles. The molecule has 4 heteroatoms. The lowest BCUT2D eigenvalue weighted by molar-refractivity contribution is 0.310. The summed E-state index contributed by atoms with van der Waals surface area (Å²) in [6.45, 7) is 4.60. The van der Waals surface area contributed by atoms with E-state index in [2.05, 4.69) is 23.7 Å². The summed E-state index contributed by atoms with van der Waals surface area (Å²) in [4.78, 5) is 0. The maximum Gasteiger partial charge on any atom is 0.161 e. The molecule has 0 aliphatic heterocycles. The Morgan fingerprint density at radius 2 is 2.11 bits per heavy atom. The average molecular weight is 281 g/mol. The largest absolute Gasteiger partial charge is 0.493 e. The van der Waals surface area contributed by atoms with E-state index in [9.17, 15) is 0 Å². The fourth-order valence-corrected chi connectivity index (χ4v) is 2.88. The molecule has 0 atom stereocenters. The first-order chi connectivity index (χ1) is 9.23. The zero-order valence-electron chi connectivity index (χ0n) is 12.0. The molecule has 0 bridgehead atoms. The molecule has 0 spiro atoms. The van der Waals surface area contributed by atoms with Gasteiger partial charge in [0, 0.05) is 17.8 Å². The Kier molecular flexibility index (Phi) is 4.99. The van der Waals surface area contributed by atoms with Crippen LogP contribution < -0.4 is 14.8 Å². The molecular formula is C15H23NO2S. The smallest absolute Gasteiger partial charge is 0.161 e. The Labute approximate surface area is 120 Å². The van der Waals surface area contributed by atoms with Crippen molar-refractivity contribution in [2.45, 2.75) is 31.1 Å². The van der Waals surface area contributed by atoms with Crippen molar-refractivity contribution in [2.24, 2.45) is 0 Å². The van der Waals surface area contributed by atoms with Gasteiger partial charge < -0.3 is 14.8 Å². The van der Waals surface area contributed by atoms with Crippen molar-refractivity contribution in [1.29, 1.82) is 0 Å². The first-order valence-electron chi connectivity index (χ1n) is 6.78. The van der Waals surface area contributed by atoms with Crippen molar-refractivity contribution in [3.05, 3.63) is 23.8 Å². The fraction of sp³-hybridized carbons (Fsp3) is 0.600. The quantitative estimate of drug-likeness (QED) is 0.793. The number of ether oxygens (including phenoxy) is 2. The lowest BCUT2D eigenvalue weighted by atomic mass is 10.2. The lowest BCUT2D eigenvalue weighted by Crippen LogP contribution is -2.25. The van der Waals surface area contributed by atoms with E-state index in [0.717, 1.165) is 24.6 Å². The van der Waals surface area contributed by atoms with Crippen molar-refractivity contribution < 1.29 is 9.47 Å². The summed E-state index contributed by atoms with van der Waals surface area (Å²) in [5.74, 6) is 1.63. The first-order valence-corrected chi connectivity index (χ1v) is 8.01. The van der Waals surface area contributed by atoms with Crippen molar-refractivity contribution >= 4 is 11.8 Å². The highest BCUT2D eigenvalue weighted by Crippen LogP contribution is 2.46. The molecule has 19 heavy (non-hydrogen) atoms. The normalized spacial score (nSPS) is 16.2. The topological polar surface area (TPSA) is 30.5 Å². The second-order valence-corrected chi connectivity index (χ2v) is 6.18. The fourth-order valence-electron chi connectivity index (χ4n) is 2.12. The Morgan fingerprint density at radius 1 is 1.32 bits per heavy atom. The summed E-state index contributed by atoms with van der Waals surface area (Å²) in [6.07, 6.45) is 4.89. The first kappa shape index (κ1) is 14.5. The molecule has 0 radical (unpaired) electrons. The van der Waals surface area contributed by atoms with Crippen molar-refractivity contribution in [3.63, 3.8) is 0 Å². The highest BCUT2D eigenvalue weighted by atomic mass is 32.2. The Hall–Kier alpha value is -0.870. The van der Waals surface area contributed by atoms with Crippen LogP contribution in [0.2, 0.25) is 0 Å². The molecule has 1 fully saturated rings. The number of methoxy groups -OCH3 is 1. The summed E-state index contributed by atoms with van der Waals surface area (Å²) >= 11 is 1.98.